The summed E-state index contributed by atoms with van der Waals surface area (Å²) in [4.78, 5) is 12.1. The zero-order valence-electron chi connectivity index (χ0n) is 12.3. The number of hydrogen-bond donors (Lipinski definition) is 1. The molecule has 0 unspecified atom stereocenters. The normalized spacial score (nSPS) is 12.8. The lowest BCUT2D eigenvalue weighted by Crippen LogP contribution is -2.26. The highest BCUT2D eigenvalue weighted by Crippen LogP contribution is 2.30. The lowest BCUT2D eigenvalue weighted by Gasteiger charge is -2.18. The van der Waals surface area contributed by atoms with E-state index < -0.39 is 0 Å². The molecule has 2 aromatic carbocycles. The van der Waals surface area contributed by atoms with Gasteiger partial charge >= 0.3 is 0 Å². The molecule has 1 aliphatic heterocycles. The molecule has 0 radical (unpaired) electrons. The largest absolute Gasteiger partial charge is 0.486 e. The smallest absolute Gasteiger partial charge is 0.252 e. The molecule has 0 aliphatic carbocycles. The van der Waals surface area contributed by atoms with Crippen LogP contribution < -0.4 is 14.8 Å². The molecule has 0 atom stereocenters. The summed E-state index contributed by atoms with van der Waals surface area (Å²) in [5.41, 5.74) is 1.44. The van der Waals surface area contributed by atoms with E-state index >= 15 is 0 Å². The minimum Gasteiger partial charge on any atom is -0.486 e. The van der Waals surface area contributed by atoms with Gasteiger partial charge in [0.1, 0.15) is 13.2 Å². The quantitative estimate of drug-likeness (QED) is 0.912. The van der Waals surface area contributed by atoms with Gasteiger partial charge in [-0.25, -0.2) is 0 Å². The number of nitrogens with one attached hydrogen (secondary N) is 1. The zero-order valence-corrected chi connectivity index (χ0v) is 13.8. The number of amides is 1. The Morgan fingerprint density at radius 2 is 1.83 bits per heavy atom. The number of rotatable bonds is 4. The highest BCUT2D eigenvalue weighted by Gasteiger charge is 2.13. The molecule has 0 saturated heterocycles. The molecular formula is C17H15Cl2NO3. The summed E-state index contributed by atoms with van der Waals surface area (Å²) in [6.07, 6.45) is 0.681. The molecule has 0 bridgehead atoms. The van der Waals surface area contributed by atoms with Crippen LogP contribution >= 0.6 is 23.2 Å². The number of halogens is 2. The lowest BCUT2D eigenvalue weighted by molar-refractivity contribution is 0.0954. The summed E-state index contributed by atoms with van der Waals surface area (Å²) in [5.74, 6) is 1.27. The second kappa shape index (κ2) is 7.11. The van der Waals surface area contributed by atoms with Gasteiger partial charge in [0.15, 0.2) is 11.5 Å². The molecule has 23 heavy (non-hydrogen) atoms. The number of carbonyl (C=O) groups is 1. The Balaban J connectivity index is 1.59. The molecule has 1 aliphatic rings. The van der Waals surface area contributed by atoms with E-state index in [-0.39, 0.29) is 5.91 Å². The molecule has 2 aromatic rings. The van der Waals surface area contributed by atoms with Crippen molar-refractivity contribution in [2.45, 2.75) is 6.42 Å². The van der Waals surface area contributed by atoms with E-state index in [2.05, 4.69) is 5.32 Å². The van der Waals surface area contributed by atoms with E-state index in [9.17, 15) is 4.79 Å². The first-order chi connectivity index (χ1) is 11.1. The van der Waals surface area contributed by atoms with Crippen LogP contribution in [-0.2, 0) is 6.42 Å². The molecule has 3 rings (SSSR count). The molecular weight excluding hydrogens is 337 g/mol. The van der Waals surface area contributed by atoms with Crippen molar-refractivity contribution in [3.05, 3.63) is 57.6 Å². The molecule has 120 valence electrons. The maximum atomic E-state index is 12.1. The Labute approximate surface area is 144 Å². The molecule has 1 amide bonds. The van der Waals surface area contributed by atoms with Gasteiger partial charge in [-0.1, -0.05) is 29.3 Å². The molecule has 0 saturated carbocycles. The van der Waals surface area contributed by atoms with Crippen LogP contribution in [0.1, 0.15) is 15.9 Å². The van der Waals surface area contributed by atoms with Gasteiger partial charge < -0.3 is 14.8 Å². The second-order valence-electron chi connectivity index (χ2n) is 5.11. The Bertz CT molecular complexity index is 734. The fraction of sp³-hybridized carbons (Fsp3) is 0.235. The Hall–Kier alpha value is -1.91. The molecule has 0 fully saturated rings. The third-order valence-electron chi connectivity index (χ3n) is 3.48. The highest BCUT2D eigenvalue weighted by molar-refractivity contribution is 6.35. The summed E-state index contributed by atoms with van der Waals surface area (Å²) in [6.45, 7) is 1.62. The molecule has 4 nitrogen and oxygen atoms in total. The Morgan fingerprint density at radius 3 is 2.65 bits per heavy atom. The SMILES string of the molecule is O=C(NCCc1ccc2c(c1)OCCO2)c1cc(Cl)ccc1Cl. The minimum absolute atomic E-state index is 0.241. The van der Waals surface area contributed by atoms with Crippen LogP contribution in [0.15, 0.2) is 36.4 Å². The van der Waals surface area contributed by atoms with Crippen molar-refractivity contribution < 1.29 is 14.3 Å². The van der Waals surface area contributed by atoms with Crippen molar-refractivity contribution in [1.82, 2.24) is 5.32 Å². The topological polar surface area (TPSA) is 47.6 Å². The van der Waals surface area contributed by atoms with E-state index in [1.807, 2.05) is 18.2 Å². The maximum Gasteiger partial charge on any atom is 0.252 e. The molecule has 1 N–H and O–H groups in total. The van der Waals surface area contributed by atoms with Crippen molar-refractivity contribution in [3.8, 4) is 11.5 Å². The number of fused-ring (bicyclic) bond motifs is 1. The van der Waals surface area contributed by atoms with E-state index in [0.717, 1.165) is 17.1 Å². The van der Waals surface area contributed by atoms with Crippen LogP contribution in [-0.4, -0.2) is 25.7 Å². The molecule has 1 heterocycles. The molecule has 0 aromatic heterocycles. The lowest BCUT2D eigenvalue weighted by atomic mass is 10.1. The van der Waals surface area contributed by atoms with Crippen molar-refractivity contribution >= 4 is 29.1 Å². The average molecular weight is 352 g/mol. The number of benzene rings is 2. The Kier molecular flexibility index (Phi) is 4.94. The number of carbonyl (C=O) groups excluding carboxylic acids is 1. The van der Waals surface area contributed by atoms with Crippen LogP contribution in [0, 0.1) is 0 Å². The van der Waals surface area contributed by atoms with Gasteiger partial charge in [-0.05, 0) is 42.3 Å². The van der Waals surface area contributed by atoms with Gasteiger partial charge in [0, 0.05) is 11.6 Å². The van der Waals surface area contributed by atoms with Gasteiger partial charge in [-0.2, -0.15) is 0 Å². The van der Waals surface area contributed by atoms with Crippen LogP contribution in [0.5, 0.6) is 11.5 Å². The predicted molar refractivity (Wildman–Crippen MR) is 89.9 cm³/mol. The first-order valence-corrected chi connectivity index (χ1v) is 8.01. The second-order valence-corrected chi connectivity index (χ2v) is 5.95. The van der Waals surface area contributed by atoms with Crippen molar-refractivity contribution in [2.75, 3.05) is 19.8 Å². The van der Waals surface area contributed by atoms with Gasteiger partial charge in [0.05, 0.1) is 10.6 Å². The first-order valence-electron chi connectivity index (χ1n) is 7.25. The third-order valence-corrected chi connectivity index (χ3v) is 4.04. The summed E-state index contributed by atoms with van der Waals surface area (Å²) < 4.78 is 11.0. The molecule has 6 heteroatoms. The van der Waals surface area contributed by atoms with Crippen LogP contribution in [0.3, 0.4) is 0 Å². The van der Waals surface area contributed by atoms with Gasteiger partial charge in [0.2, 0.25) is 0 Å². The third kappa shape index (κ3) is 3.89. The Morgan fingerprint density at radius 1 is 1.04 bits per heavy atom. The fourth-order valence-corrected chi connectivity index (χ4v) is 2.71. The summed E-state index contributed by atoms with van der Waals surface area (Å²) in [5, 5.41) is 3.70. The highest BCUT2D eigenvalue weighted by atomic mass is 35.5. The summed E-state index contributed by atoms with van der Waals surface area (Å²) in [7, 11) is 0. The van der Waals surface area contributed by atoms with Crippen LogP contribution in [0.2, 0.25) is 10.0 Å². The number of hydrogen-bond acceptors (Lipinski definition) is 3. The molecule has 0 spiro atoms. The zero-order chi connectivity index (χ0) is 16.2. The maximum absolute atomic E-state index is 12.1. The monoisotopic (exact) mass is 351 g/mol. The predicted octanol–water partition coefficient (Wildman–Crippen LogP) is 3.74. The van der Waals surface area contributed by atoms with Gasteiger partial charge in [-0.15, -0.1) is 0 Å². The summed E-state index contributed by atoms with van der Waals surface area (Å²) in [6, 6.07) is 10.6. The summed E-state index contributed by atoms with van der Waals surface area (Å²) >= 11 is 11.9. The first kappa shape index (κ1) is 16.0. The standard InChI is InChI=1S/C17H15Cl2NO3/c18-12-2-3-14(19)13(10-12)17(21)20-6-5-11-1-4-15-16(9-11)23-8-7-22-15/h1-4,9-10H,5-8H2,(H,20,21). The number of ether oxygens (including phenoxy) is 2. The van der Waals surface area contributed by atoms with Crippen molar-refractivity contribution in [1.29, 1.82) is 0 Å². The van der Waals surface area contributed by atoms with Gasteiger partial charge in [-0.3, -0.25) is 4.79 Å². The minimum atomic E-state index is -0.241. The van der Waals surface area contributed by atoms with E-state index in [1.165, 1.54) is 0 Å². The van der Waals surface area contributed by atoms with E-state index in [1.54, 1.807) is 18.2 Å². The van der Waals surface area contributed by atoms with Crippen LogP contribution in [0.25, 0.3) is 0 Å². The van der Waals surface area contributed by atoms with E-state index in [0.29, 0.717) is 41.8 Å². The van der Waals surface area contributed by atoms with Crippen LogP contribution in [0.4, 0.5) is 0 Å². The van der Waals surface area contributed by atoms with Crippen molar-refractivity contribution in [2.24, 2.45) is 0 Å². The average Bonchev–Trinajstić information content (AvgIpc) is 2.57. The van der Waals surface area contributed by atoms with Gasteiger partial charge in [0.25, 0.3) is 5.91 Å². The van der Waals surface area contributed by atoms with E-state index in [4.69, 9.17) is 32.7 Å². The fourth-order valence-electron chi connectivity index (χ4n) is 2.33. The van der Waals surface area contributed by atoms with Crippen molar-refractivity contribution in [3.63, 3.8) is 0 Å².